The van der Waals surface area contributed by atoms with Crippen LogP contribution >= 0.6 is 0 Å². The fourth-order valence-electron chi connectivity index (χ4n) is 2.72. The molecular weight excluding hydrogens is 284 g/mol. The first kappa shape index (κ1) is 16.3. The van der Waals surface area contributed by atoms with Gasteiger partial charge in [0.05, 0.1) is 5.92 Å². The molecule has 2 N–H and O–H groups in total. The predicted octanol–water partition coefficient (Wildman–Crippen LogP) is 2.49. The van der Waals surface area contributed by atoms with Crippen LogP contribution in [0.1, 0.15) is 44.8 Å². The second-order valence-electron chi connectivity index (χ2n) is 5.93. The van der Waals surface area contributed by atoms with Gasteiger partial charge in [0.1, 0.15) is 0 Å². The molecule has 1 aliphatic heterocycles. The van der Waals surface area contributed by atoms with E-state index in [1.807, 2.05) is 17.7 Å². The first-order chi connectivity index (χ1) is 10.4. The summed E-state index contributed by atoms with van der Waals surface area (Å²) in [5, 5.41) is 16.3. The number of rotatable bonds is 4. The number of aliphatic carboxylic acids is 1. The molecule has 1 aromatic rings. The average Bonchev–Trinajstić information content (AvgIpc) is 2.87. The molecule has 2 heterocycles. The molecule has 7 nitrogen and oxygen atoms in total. The number of aryl methyl sites for hydroxylation is 1. The predicted molar refractivity (Wildman–Crippen MR) is 82.9 cm³/mol. The average molecular weight is 308 g/mol. The molecule has 0 saturated carbocycles. The Labute approximate surface area is 130 Å². The number of carbonyl (C=O) groups excluding carboxylic acids is 1. The number of hydrogen-bond donors (Lipinski definition) is 2. The van der Waals surface area contributed by atoms with Crippen molar-refractivity contribution in [1.29, 1.82) is 0 Å². The first-order valence-electron chi connectivity index (χ1n) is 7.77. The number of amides is 2. The van der Waals surface area contributed by atoms with Crippen molar-refractivity contribution in [3.63, 3.8) is 0 Å². The highest BCUT2D eigenvalue weighted by Gasteiger charge is 2.28. The Morgan fingerprint density at radius 1 is 1.55 bits per heavy atom. The summed E-state index contributed by atoms with van der Waals surface area (Å²) in [6, 6.07) is 1.83. The molecular formula is C15H24N4O3. The molecule has 2 rings (SSSR count). The van der Waals surface area contributed by atoms with Crippen LogP contribution in [-0.2, 0) is 4.79 Å². The van der Waals surface area contributed by atoms with E-state index in [0.717, 1.165) is 12.1 Å². The second kappa shape index (κ2) is 6.81. The molecule has 0 bridgehead atoms. The summed E-state index contributed by atoms with van der Waals surface area (Å²) in [6.07, 6.45) is 2.30. The van der Waals surface area contributed by atoms with E-state index in [2.05, 4.69) is 24.3 Å². The number of piperidine rings is 1. The van der Waals surface area contributed by atoms with E-state index in [-0.39, 0.29) is 18.6 Å². The van der Waals surface area contributed by atoms with Crippen LogP contribution in [-0.4, -0.2) is 44.9 Å². The third-order valence-corrected chi connectivity index (χ3v) is 4.22. The number of urea groups is 1. The molecule has 1 aromatic heterocycles. The van der Waals surface area contributed by atoms with E-state index >= 15 is 0 Å². The fourth-order valence-corrected chi connectivity index (χ4v) is 2.72. The van der Waals surface area contributed by atoms with Gasteiger partial charge in [-0.15, -0.1) is 0 Å². The normalized spacial score (nSPS) is 19.8. The molecule has 22 heavy (non-hydrogen) atoms. The highest BCUT2D eigenvalue weighted by Crippen LogP contribution is 2.19. The molecule has 7 heteroatoms. The van der Waals surface area contributed by atoms with Crippen LogP contribution in [0.2, 0.25) is 0 Å². The number of aromatic nitrogens is 2. The Kier molecular flexibility index (Phi) is 5.05. The standard InChI is InChI=1S/C15H24N4O3/c1-4-10(2)19-11(3)8-13(17-19)16-15(22)18-7-5-6-12(9-18)14(20)21/h8,10,12H,4-7,9H2,1-3H3,(H,20,21)(H,16,17,22). The monoisotopic (exact) mass is 308 g/mol. The van der Waals surface area contributed by atoms with Crippen molar-refractivity contribution in [2.45, 2.75) is 46.1 Å². The van der Waals surface area contributed by atoms with Crippen molar-refractivity contribution in [3.8, 4) is 0 Å². The SMILES string of the molecule is CCC(C)n1nc(NC(=O)N2CCCC(C(=O)O)C2)cc1C. The lowest BCUT2D eigenvalue weighted by atomic mass is 9.99. The number of hydrogen-bond acceptors (Lipinski definition) is 3. The van der Waals surface area contributed by atoms with Gasteiger partial charge in [0.2, 0.25) is 0 Å². The zero-order valence-electron chi connectivity index (χ0n) is 13.4. The first-order valence-corrected chi connectivity index (χ1v) is 7.77. The minimum Gasteiger partial charge on any atom is -0.481 e. The molecule has 0 spiro atoms. The van der Waals surface area contributed by atoms with Crippen LogP contribution in [0.3, 0.4) is 0 Å². The van der Waals surface area contributed by atoms with Gasteiger partial charge in [-0.3, -0.25) is 14.8 Å². The van der Waals surface area contributed by atoms with Gasteiger partial charge in [0.25, 0.3) is 0 Å². The van der Waals surface area contributed by atoms with Crippen molar-refractivity contribution in [2.24, 2.45) is 5.92 Å². The summed E-state index contributed by atoms with van der Waals surface area (Å²) < 4.78 is 1.89. The third kappa shape index (κ3) is 3.58. The van der Waals surface area contributed by atoms with Crippen LogP contribution in [0.4, 0.5) is 10.6 Å². The highest BCUT2D eigenvalue weighted by atomic mass is 16.4. The van der Waals surface area contributed by atoms with Crippen LogP contribution in [0.15, 0.2) is 6.07 Å². The van der Waals surface area contributed by atoms with Gasteiger partial charge in [0, 0.05) is 30.9 Å². The Morgan fingerprint density at radius 3 is 2.91 bits per heavy atom. The fraction of sp³-hybridized carbons (Fsp3) is 0.667. The molecule has 1 fully saturated rings. The van der Waals surface area contributed by atoms with Gasteiger partial charge < -0.3 is 10.0 Å². The molecule has 2 atom stereocenters. The molecule has 0 aromatic carbocycles. The number of nitrogens with one attached hydrogen (secondary N) is 1. The van der Waals surface area contributed by atoms with Crippen LogP contribution < -0.4 is 5.32 Å². The smallest absolute Gasteiger partial charge is 0.323 e. The van der Waals surface area contributed by atoms with Crippen molar-refractivity contribution in [2.75, 3.05) is 18.4 Å². The van der Waals surface area contributed by atoms with E-state index in [4.69, 9.17) is 5.11 Å². The molecule has 1 saturated heterocycles. The van der Waals surface area contributed by atoms with E-state index in [9.17, 15) is 9.59 Å². The van der Waals surface area contributed by atoms with Crippen molar-refractivity contribution in [3.05, 3.63) is 11.8 Å². The van der Waals surface area contributed by atoms with Crippen molar-refractivity contribution < 1.29 is 14.7 Å². The maximum absolute atomic E-state index is 12.3. The maximum atomic E-state index is 12.3. The molecule has 2 amide bonds. The Bertz CT molecular complexity index is 555. The summed E-state index contributed by atoms with van der Waals surface area (Å²) >= 11 is 0. The van der Waals surface area contributed by atoms with Gasteiger partial charge in [-0.2, -0.15) is 5.10 Å². The maximum Gasteiger partial charge on any atom is 0.323 e. The van der Waals surface area contributed by atoms with Gasteiger partial charge in [0.15, 0.2) is 5.82 Å². The number of nitrogens with zero attached hydrogens (tertiary/aromatic N) is 3. The molecule has 0 aliphatic carbocycles. The van der Waals surface area contributed by atoms with Crippen LogP contribution in [0.25, 0.3) is 0 Å². The van der Waals surface area contributed by atoms with E-state index in [0.29, 0.717) is 25.2 Å². The number of likely N-dealkylation sites (tertiary alicyclic amines) is 1. The molecule has 2 unspecified atom stereocenters. The Morgan fingerprint density at radius 2 is 2.27 bits per heavy atom. The summed E-state index contributed by atoms with van der Waals surface area (Å²) in [4.78, 5) is 24.9. The summed E-state index contributed by atoms with van der Waals surface area (Å²) in [5.41, 5.74) is 0.992. The molecule has 122 valence electrons. The Balaban J connectivity index is 2.01. The number of carboxylic acids is 1. The lowest BCUT2D eigenvalue weighted by Crippen LogP contribution is -2.44. The van der Waals surface area contributed by atoms with Gasteiger partial charge in [-0.25, -0.2) is 4.79 Å². The van der Waals surface area contributed by atoms with Crippen molar-refractivity contribution in [1.82, 2.24) is 14.7 Å². The lowest BCUT2D eigenvalue weighted by molar-refractivity contribution is -0.143. The zero-order chi connectivity index (χ0) is 16.3. The number of anilines is 1. The topological polar surface area (TPSA) is 87.5 Å². The number of carboxylic acid groups (broad SMARTS) is 1. The highest BCUT2D eigenvalue weighted by molar-refractivity contribution is 5.88. The van der Waals surface area contributed by atoms with Crippen LogP contribution in [0.5, 0.6) is 0 Å². The molecule has 0 radical (unpaired) electrons. The number of carbonyl (C=O) groups is 2. The second-order valence-corrected chi connectivity index (χ2v) is 5.93. The van der Waals surface area contributed by atoms with Crippen LogP contribution in [0, 0.1) is 12.8 Å². The zero-order valence-corrected chi connectivity index (χ0v) is 13.4. The lowest BCUT2D eigenvalue weighted by Gasteiger charge is -2.30. The van der Waals surface area contributed by atoms with E-state index in [1.165, 1.54) is 0 Å². The molecule has 1 aliphatic rings. The van der Waals surface area contributed by atoms with Gasteiger partial charge in [-0.1, -0.05) is 6.92 Å². The third-order valence-electron chi connectivity index (χ3n) is 4.22. The largest absolute Gasteiger partial charge is 0.481 e. The minimum atomic E-state index is -0.839. The van der Waals surface area contributed by atoms with Gasteiger partial charge >= 0.3 is 12.0 Å². The van der Waals surface area contributed by atoms with E-state index < -0.39 is 11.9 Å². The Hall–Kier alpha value is -2.05. The van der Waals surface area contributed by atoms with E-state index in [1.54, 1.807) is 4.90 Å². The summed E-state index contributed by atoms with van der Waals surface area (Å²) in [5.74, 6) is -0.798. The quantitative estimate of drug-likeness (QED) is 0.894. The summed E-state index contributed by atoms with van der Waals surface area (Å²) in [6.45, 7) is 6.96. The van der Waals surface area contributed by atoms with Gasteiger partial charge in [-0.05, 0) is 33.1 Å². The minimum absolute atomic E-state index is 0.256. The van der Waals surface area contributed by atoms with Crippen molar-refractivity contribution >= 4 is 17.8 Å². The summed E-state index contributed by atoms with van der Waals surface area (Å²) in [7, 11) is 0.